The molecule has 3 nitrogen and oxygen atoms in total. The van der Waals surface area contributed by atoms with E-state index in [-0.39, 0.29) is 0 Å². The number of aliphatic hydroxyl groups is 1. The van der Waals surface area contributed by atoms with E-state index in [0.717, 1.165) is 12.8 Å². The maximum Gasteiger partial charge on any atom is 0.335 e. The number of aliphatic hydroxyl groups excluding tert-OH is 1. The predicted molar refractivity (Wildman–Crippen MR) is 46.4 cm³/mol. The van der Waals surface area contributed by atoms with Gasteiger partial charge in [0.15, 0.2) is 6.29 Å². The average molecular weight is 172 g/mol. The first kappa shape index (κ1) is 11.2. The van der Waals surface area contributed by atoms with E-state index in [2.05, 4.69) is 4.74 Å². The van der Waals surface area contributed by atoms with Crippen molar-refractivity contribution in [1.29, 1.82) is 0 Å². The molecule has 0 aliphatic carbocycles. The highest BCUT2D eigenvalue weighted by atomic mass is 16.6. The maximum atomic E-state index is 11.0. The molecule has 0 fully saturated rings. The lowest BCUT2D eigenvalue weighted by Crippen LogP contribution is -2.14. The van der Waals surface area contributed by atoms with Crippen molar-refractivity contribution in [2.45, 2.75) is 39.9 Å². The molecule has 0 heterocycles. The Balaban J connectivity index is 3.92. The van der Waals surface area contributed by atoms with Crippen LogP contribution >= 0.6 is 0 Å². The van der Waals surface area contributed by atoms with Crippen LogP contribution in [0.1, 0.15) is 33.6 Å². The third kappa shape index (κ3) is 4.91. The zero-order valence-electron chi connectivity index (χ0n) is 7.83. The first-order valence-electron chi connectivity index (χ1n) is 4.13. The second-order valence-corrected chi connectivity index (χ2v) is 2.68. The van der Waals surface area contributed by atoms with E-state index in [1.807, 2.05) is 13.0 Å². The van der Waals surface area contributed by atoms with E-state index in [9.17, 15) is 4.79 Å². The minimum absolute atomic E-state index is 0.446. The van der Waals surface area contributed by atoms with E-state index in [1.54, 1.807) is 6.92 Å². The Labute approximate surface area is 73.0 Å². The Morgan fingerprint density at radius 2 is 2.25 bits per heavy atom. The van der Waals surface area contributed by atoms with Crippen molar-refractivity contribution in [3.63, 3.8) is 0 Å². The highest BCUT2D eigenvalue weighted by Crippen LogP contribution is 2.01. The van der Waals surface area contributed by atoms with Gasteiger partial charge in [0.25, 0.3) is 0 Å². The third-order valence-corrected chi connectivity index (χ3v) is 1.34. The van der Waals surface area contributed by atoms with Gasteiger partial charge in [-0.05, 0) is 20.3 Å². The molecule has 1 unspecified atom stereocenters. The van der Waals surface area contributed by atoms with Crippen LogP contribution in [-0.2, 0) is 9.53 Å². The fourth-order valence-electron chi connectivity index (χ4n) is 0.692. The van der Waals surface area contributed by atoms with Crippen LogP contribution in [0.25, 0.3) is 0 Å². The molecule has 0 aliphatic rings. The summed E-state index contributed by atoms with van der Waals surface area (Å²) in [6.45, 7) is 5.12. The Morgan fingerprint density at radius 3 is 2.67 bits per heavy atom. The monoisotopic (exact) mass is 172 g/mol. The third-order valence-electron chi connectivity index (χ3n) is 1.34. The summed E-state index contributed by atoms with van der Waals surface area (Å²) in [6.07, 6.45) is 2.65. The number of esters is 1. The lowest BCUT2D eigenvalue weighted by molar-refractivity contribution is -0.159. The van der Waals surface area contributed by atoms with Crippen molar-refractivity contribution < 1.29 is 14.6 Å². The Kier molecular flexibility index (Phi) is 5.37. The number of allylic oxidation sites excluding steroid dienone is 1. The van der Waals surface area contributed by atoms with Crippen molar-refractivity contribution in [2.75, 3.05) is 0 Å². The number of hydrogen-bond acceptors (Lipinski definition) is 3. The molecule has 70 valence electrons. The molecule has 0 aromatic heterocycles. The summed E-state index contributed by atoms with van der Waals surface area (Å²) in [4.78, 5) is 11.0. The summed E-state index contributed by atoms with van der Waals surface area (Å²) in [6, 6.07) is 0. The Bertz CT molecular complexity index is 171. The van der Waals surface area contributed by atoms with Gasteiger partial charge in [-0.25, -0.2) is 4.79 Å². The zero-order valence-corrected chi connectivity index (χ0v) is 7.83. The number of carbonyl (C=O) groups is 1. The van der Waals surface area contributed by atoms with E-state index in [1.165, 1.54) is 6.92 Å². The molecule has 0 radical (unpaired) electrons. The predicted octanol–water partition coefficient (Wildman–Crippen LogP) is 1.61. The molecule has 12 heavy (non-hydrogen) atoms. The average Bonchev–Trinajstić information content (AvgIpc) is 1.98. The van der Waals surface area contributed by atoms with Crippen LogP contribution in [0.15, 0.2) is 11.6 Å². The van der Waals surface area contributed by atoms with Gasteiger partial charge in [-0.3, -0.25) is 0 Å². The lowest BCUT2D eigenvalue weighted by atomic mass is 10.2. The first-order valence-corrected chi connectivity index (χ1v) is 4.13. The van der Waals surface area contributed by atoms with Crippen LogP contribution in [0.4, 0.5) is 0 Å². The van der Waals surface area contributed by atoms with Gasteiger partial charge >= 0.3 is 5.97 Å². The smallest absolute Gasteiger partial charge is 0.335 e. The van der Waals surface area contributed by atoms with Crippen molar-refractivity contribution >= 4 is 5.97 Å². The zero-order chi connectivity index (χ0) is 9.56. The SMILES string of the molecule is CCCC=C(C)C(=O)OC(C)O. The molecular weight excluding hydrogens is 156 g/mol. The molecule has 1 N–H and O–H groups in total. The normalized spacial score (nSPS) is 14.2. The summed E-state index contributed by atoms with van der Waals surface area (Å²) >= 11 is 0. The van der Waals surface area contributed by atoms with Gasteiger partial charge < -0.3 is 9.84 Å². The minimum Gasteiger partial charge on any atom is -0.433 e. The van der Waals surface area contributed by atoms with Crippen molar-refractivity contribution in [1.82, 2.24) is 0 Å². The summed E-state index contributed by atoms with van der Waals surface area (Å²) in [5.74, 6) is -0.446. The van der Waals surface area contributed by atoms with Crippen LogP contribution in [0.3, 0.4) is 0 Å². The second kappa shape index (κ2) is 5.77. The standard InChI is InChI=1S/C9H16O3/c1-4-5-6-7(2)9(11)12-8(3)10/h6,8,10H,4-5H2,1-3H3. The quantitative estimate of drug-likeness (QED) is 0.398. The summed E-state index contributed by atoms with van der Waals surface area (Å²) < 4.78 is 4.56. The molecule has 3 heteroatoms. The Morgan fingerprint density at radius 1 is 1.67 bits per heavy atom. The van der Waals surface area contributed by atoms with Crippen molar-refractivity contribution in [3.05, 3.63) is 11.6 Å². The van der Waals surface area contributed by atoms with E-state index in [4.69, 9.17) is 5.11 Å². The fraction of sp³-hybridized carbons (Fsp3) is 0.667. The van der Waals surface area contributed by atoms with Crippen molar-refractivity contribution in [3.8, 4) is 0 Å². The summed E-state index contributed by atoms with van der Waals surface area (Å²) in [5.41, 5.74) is 0.553. The number of rotatable bonds is 4. The Hall–Kier alpha value is -0.830. The molecule has 0 spiro atoms. The van der Waals surface area contributed by atoms with Gasteiger partial charge in [0, 0.05) is 5.57 Å². The molecule has 0 saturated heterocycles. The fourth-order valence-corrected chi connectivity index (χ4v) is 0.692. The maximum absolute atomic E-state index is 11.0. The van der Waals surface area contributed by atoms with Gasteiger partial charge in [-0.15, -0.1) is 0 Å². The molecule has 0 amide bonds. The van der Waals surface area contributed by atoms with Gasteiger partial charge in [0.05, 0.1) is 0 Å². The van der Waals surface area contributed by atoms with E-state index in [0.29, 0.717) is 5.57 Å². The second-order valence-electron chi connectivity index (χ2n) is 2.68. The molecular formula is C9H16O3. The highest BCUT2D eigenvalue weighted by Gasteiger charge is 2.07. The number of ether oxygens (including phenoxy) is 1. The van der Waals surface area contributed by atoms with Crippen LogP contribution in [0.2, 0.25) is 0 Å². The van der Waals surface area contributed by atoms with Gasteiger partial charge in [0.1, 0.15) is 0 Å². The highest BCUT2D eigenvalue weighted by molar-refractivity contribution is 5.87. The molecule has 1 atom stereocenters. The molecule has 0 saturated carbocycles. The van der Waals surface area contributed by atoms with Crippen LogP contribution < -0.4 is 0 Å². The number of carbonyl (C=O) groups excluding carboxylic acids is 1. The first-order chi connectivity index (χ1) is 5.57. The van der Waals surface area contributed by atoms with Crippen LogP contribution in [0, 0.1) is 0 Å². The van der Waals surface area contributed by atoms with Gasteiger partial charge in [-0.1, -0.05) is 19.4 Å². The summed E-state index contributed by atoms with van der Waals surface area (Å²) in [5, 5.41) is 8.73. The number of hydrogen-bond donors (Lipinski definition) is 1. The van der Waals surface area contributed by atoms with Crippen molar-refractivity contribution in [2.24, 2.45) is 0 Å². The molecule has 0 bridgehead atoms. The topological polar surface area (TPSA) is 46.5 Å². The lowest BCUT2D eigenvalue weighted by Gasteiger charge is -2.06. The van der Waals surface area contributed by atoms with Crippen LogP contribution in [0.5, 0.6) is 0 Å². The largest absolute Gasteiger partial charge is 0.433 e. The van der Waals surface area contributed by atoms with E-state index < -0.39 is 12.3 Å². The van der Waals surface area contributed by atoms with Crippen LogP contribution in [-0.4, -0.2) is 17.4 Å². The molecule has 0 aliphatic heterocycles. The molecule has 0 aromatic rings. The van der Waals surface area contributed by atoms with E-state index >= 15 is 0 Å². The minimum atomic E-state index is -1.03. The van der Waals surface area contributed by atoms with Gasteiger partial charge in [-0.2, -0.15) is 0 Å². The molecule has 0 rings (SSSR count). The number of unbranched alkanes of at least 4 members (excludes halogenated alkanes) is 1. The van der Waals surface area contributed by atoms with Gasteiger partial charge in [0.2, 0.25) is 0 Å². The molecule has 0 aromatic carbocycles. The summed E-state index contributed by atoms with van der Waals surface area (Å²) in [7, 11) is 0.